The maximum atomic E-state index is 13.5. The smallest absolute Gasteiger partial charge is 0.219 e. The zero-order valence-corrected chi connectivity index (χ0v) is 9.91. The van der Waals surface area contributed by atoms with Crippen molar-refractivity contribution in [1.29, 1.82) is 0 Å². The Morgan fingerprint density at radius 2 is 2.41 bits per heavy atom. The van der Waals surface area contributed by atoms with Crippen LogP contribution in [-0.4, -0.2) is 29.0 Å². The molecule has 2 unspecified atom stereocenters. The first-order valence-electron chi connectivity index (χ1n) is 5.55. The standard InChI is InChI=1S/C11H12FN3OS/c12-10-8(2-1-4-16-10)15-11-9-7(3-5-17-9)13-6-14-11/h3,5-6,8,10H,1-2,4H2,(H,13,14,15). The summed E-state index contributed by atoms with van der Waals surface area (Å²) in [5.41, 5.74) is 0.889. The van der Waals surface area contributed by atoms with Crippen LogP contribution in [0.3, 0.4) is 0 Å². The van der Waals surface area contributed by atoms with Gasteiger partial charge in [-0.05, 0) is 24.3 Å². The van der Waals surface area contributed by atoms with Crippen molar-refractivity contribution in [2.75, 3.05) is 11.9 Å². The molecule has 0 aliphatic carbocycles. The van der Waals surface area contributed by atoms with Crippen LogP contribution in [0.4, 0.5) is 10.2 Å². The Morgan fingerprint density at radius 1 is 1.47 bits per heavy atom. The molecule has 3 rings (SSSR count). The van der Waals surface area contributed by atoms with Crippen LogP contribution in [0.5, 0.6) is 0 Å². The molecule has 0 radical (unpaired) electrons. The Bertz CT molecular complexity index is 518. The molecule has 4 nitrogen and oxygen atoms in total. The first kappa shape index (κ1) is 10.9. The molecule has 0 spiro atoms. The Kier molecular flexibility index (Phi) is 2.90. The van der Waals surface area contributed by atoms with E-state index in [1.165, 1.54) is 6.33 Å². The van der Waals surface area contributed by atoms with Gasteiger partial charge in [0, 0.05) is 0 Å². The Balaban J connectivity index is 1.86. The number of nitrogens with one attached hydrogen (secondary N) is 1. The fraction of sp³-hybridized carbons (Fsp3) is 0.455. The van der Waals surface area contributed by atoms with Crippen LogP contribution in [0.2, 0.25) is 0 Å². The van der Waals surface area contributed by atoms with Crippen LogP contribution in [0.25, 0.3) is 10.2 Å². The molecule has 1 saturated heterocycles. The van der Waals surface area contributed by atoms with Crippen LogP contribution < -0.4 is 5.32 Å². The SMILES string of the molecule is FC1OCCCC1Nc1ncnc2ccsc12. The minimum Gasteiger partial charge on any atom is -0.361 e. The van der Waals surface area contributed by atoms with Gasteiger partial charge < -0.3 is 10.1 Å². The molecular weight excluding hydrogens is 241 g/mol. The molecule has 2 aromatic rings. The predicted molar refractivity (Wildman–Crippen MR) is 64.9 cm³/mol. The first-order chi connectivity index (χ1) is 8.34. The van der Waals surface area contributed by atoms with Crippen molar-refractivity contribution in [3.63, 3.8) is 0 Å². The zero-order valence-electron chi connectivity index (χ0n) is 9.10. The summed E-state index contributed by atoms with van der Waals surface area (Å²) in [6, 6.07) is 1.61. The second-order valence-electron chi connectivity index (χ2n) is 3.97. The number of aromatic nitrogens is 2. The molecule has 1 fully saturated rings. The summed E-state index contributed by atoms with van der Waals surface area (Å²) < 4.78 is 19.5. The summed E-state index contributed by atoms with van der Waals surface area (Å²) in [6.45, 7) is 0.498. The van der Waals surface area contributed by atoms with Crippen LogP contribution in [0.1, 0.15) is 12.8 Å². The Hall–Kier alpha value is -1.27. The van der Waals surface area contributed by atoms with E-state index in [2.05, 4.69) is 15.3 Å². The third-order valence-corrected chi connectivity index (χ3v) is 3.73. The van der Waals surface area contributed by atoms with Gasteiger partial charge in [-0.3, -0.25) is 0 Å². The third-order valence-electron chi connectivity index (χ3n) is 2.82. The van der Waals surface area contributed by atoms with Gasteiger partial charge in [0.1, 0.15) is 12.1 Å². The minimum absolute atomic E-state index is 0.316. The van der Waals surface area contributed by atoms with Crippen LogP contribution in [0, 0.1) is 0 Å². The molecule has 2 atom stereocenters. The highest BCUT2D eigenvalue weighted by Crippen LogP contribution is 2.27. The van der Waals surface area contributed by atoms with Gasteiger partial charge in [0.25, 0.3) is 0 Å². The molecule has 0 bridgehead atoms. The van der Waals surface area contributed by atoms with E-state index in [1.54, 1.807) is 11.3 Å². The third kappa shape index (κ3) is 2.10. The van der Waals surface area contributed by atoms with E-state index in [9.17, 15) is 4.39 Å². The average Bonchev–Trinajstić information content (AvgIpc) is 2.81. The molecule has 6 heteroatoms. The Morgan fingerprint density at radius 3 is 3.29 bits per heavy atom. The first-order valence-corrected chi connectivity index (χ1v) is 6.43. The maximum Gasteiger partial charge on any atom is 0.219 e. The van der Waals surface area contributed by atoms with Crippen molar-refractivity contribution in [1.82, 2.24) is 9.97 Å². The quantitative estimate of drug-likeness (QED) is 0.893. The van der Waals surface area contributed by atoms with Crippen LogP contribution in [-0.2, 0) is 4.74 Å². The van der Waals surface area contributed by atoms with Crippen molar-refractivity contribution in [2.45, 2.75) is 25.2 Å². The summed E-state index contributed by atoms with van der Waals surface area (Å²) in [5.74, 6) is 0.697. The van der Waals surface area contributed by atoms with E-state index < -0.39 is 6.36 Å². The fourth-order valence-electron chi connectivity index (χ4n) is 1.95. The molecule has 1 aliphatic rings. The molecular formula is C11H12FN3OS. The highest BCUT2D eigenvalue weighted by molar-refractivity contribution is 7.17. The van der Waals surface area contributed by atoms with E-state index in [-0.39, 0.29) is 6.04 Å². The summed E-state index contributed by atoms with van der Waals surface area (Å²) in [7, 11) is 0. The van der Waals surface area contributed by atoms with Crippen molar-refractivity contribution < 1.29 is 9.13 Å². The molecule has 1 N–H and O–H groups in total. The lowest BCUT2D eigenvalue weighted by Crippen LogP contribution is -2.37. The number of ether oxygens (including phenoxy) is 1. The number of rotatable bonds is 2. The van der Waals surface area contributed by atoms with E-state index in [1.807, 2.05) is 11.4 Å². The number of thiophene rings is 1. The largest absolute Gasteiger partial charge is 0.361 e. The molecule has 0 amide bonds. The lowest BCUT2D eigenvalue weighted by Gasteiger charge is -2.27. The van der Waals surface area contributed by atoms with E-state index in [0.717, 1.165) is 23.1 Å². The lowest BCUT2D eigenvalue weighted by molar-refractivity contribution is -0.0758. The molecule has 17 heavy (non-hydrogen) atoms. The van der Waals surface area contributed by atoms with Crippen LogP contribution in [0.15, 0.2) is 17.8 Å². The summed E-state index contributed by atoms with van der Waals surface area (Å²) >= 11 is 1.55. The highest BCUT2D eigenvalue weighted by atomic mass is 32.1. The van der Waals surface area contributed by atoms with Crippen molar-refractivity contribution in [3.05, 3.63) is 17.8 Å². The van der Waals surface area contributed by atoms with Gasteiger partial charge in [0.15, 0.2) is 0 Å². The number of alkyl halides is 1. The van der Waals surface area contributed by atoms with E-state index >= 15 is 0 Å². The number of anilines is 1. The van der Waals surface area contributed by atoms with Gasteiger partial charge in [0.05, 0.1) is 22.9 Å². The highest BCUT2D eigenvalue weighted by Gasteiger charge is 2.26. The second-order valence-corrected chi connectivity index (χ2v) is 4.89. The van der Waals surface area contributed by atoms with Gasteiger partial charge in [-0.1, -0.05) is 0 Å². The predicted octanol–water partition coefficient (Wildman–Crippen LogP) is 2.58. The molecule has 0 aromatic carbocycles. The van der Waals surface area contributed by atoms with Crippen molar-refractivity contribution in [3.8, 4) is 0 Å². The van der Waals surface area contributed by atoms with Gasteiger partial charge in [-0.25, -0.2) is 14.4 Å². The number of hydrogen-bond donors (Lipinski definition) is 1. The Labute approximate surface area is 102 Å². The number of nitrogens with zero attached hydrogens (tertiary/aromatic N) is 2. The van der Waals surface area contributed by atoms with Crippen molar-refractivity contribution in [2.24, 2.45) is 0 Å². The van der Waals surface area contributed by atoms with Crippen LogP contribution >= 0.6 is 11.3 Å². The molecule has 3 heterocycles. The van der Waals surface area contributed by atoms with Gasteiger partial charge >= 0.3 is 0 Å². The lowest BCUT2D eigenvalue weighted by atomic mass is 10.1. The maximum absolute atomic E-state index is 13.5. The minimum atomic E-state index is -1.26. The average molecular weight is 253 g/mol. The summed E-state index contributed by atoms with van der Waals surface area (Å²) in [5, 5.41) is 5.07. The number of halogens is 1. The topological polar surface area (TPSA) is 47.0 Å². The molecule has 90 valence electrons. The van der Waals surface area contributed by atoms with E-state index in [4.69, 9.17) is 4.74 Å². The monoisotopic (exact) mass is 253 g/mol. The second kappa shape index (κ2) is 4.54. The number of hydrogen-bond acceptors (Lipinski definition) is 5. The normalized spacial score (nSPS) is 25.0. The zero-order chi connectivity index (χ0) is 11.7. The van der Waals surface area contributed by atoms with Crippen molar-refractivity contribution >= 4 is 27.4 Å². The molecule has 2 aromatic heterocycles. The summed E-state index contributed by atoms with van der Waals surface area (Å²) in [6.07, 6.45) is 1.87. The molecule has 0 saturated carbocycles. The fourth-order valence-corrected chi connectivity index (χ4v) is 2.75. The van der Waals surface area contributed by atoms with Gasteiger partial charge in [-0.15, -0.1) is 11.3 Å². The number of fused-ring (bicyclic) bond motifs is 1. The van der Waals surface area contributed by atoms with Gasteiger partial charge in [0.2, 0.25) is 6.36 Å². The molecule has 1 aliphatic heterocycles. The summed E-state index contributed by atoms with van der Waals surface area (Å²) in [4.78, 5) is 8.32. The van der Waals surface area contributed by atoms with Gasteiger partial charge in [-0.2, -0.15) is 0 Å². The van der Waals surface area contributed by atoms with E-state index in [0.29, 0.717) is 12.4 Å².